The zero-order valence-electron chi connectivity index (χ0n) is 20.3. The lowest BCUT2D eigenvalue weighted by atomic mass is 9.98. The Hall–Kier alpha value is -4.33. The number of nitrogens with zero attached hydrogens (tertiary/aromatic N) is 1. The lowest BCUT2D eigenvalue weighted by molar-refractivity contribution is -0.147. The number of carboxylic acids is 1. The number of ether oxygens (including phenoxy) is 1. The first kappa shape index (κ1) is 25.8. The van der Waals surface area contributed by atoms with Gasteiger partial charge in [-0.25, -0.2) is 8.78 Å². The Bertz CT molecular complexity index is 1430. The highest BCUT2D eigenvalue weighted by Crippen LogP contribution is 2.29. The lowest BCUT2D eigenvalue weighted by Gasteiger charge is -2.14. The maximum absolute atomic E-state index is 14.3. The van der Waals surface area contributed by atoms with Crippen LogP contribution < -0.4 is 0 Å². The van der Waals surface area contributed by atoms with Gasteiger partial charge in [0.2, 0.25) is 0 Å². The van der Waals surface area contributed by atoms with Gasteiger partial charge >= 0.3 is 11.9 Å². The van der Waals surface area contributed by atoms with Gasteiger partial charge in [0, 0.05) is 23.1 Å². The molecule has 0 radical (unpaired) electrons. The first-order valence-corrected chi connectivity index (χ1v) is 11.7. The summed E-state index contributed by atoms with van der Waals surface area (Å²) in [4.78, 5) is 23.6. The third-order valence-electron chi connectivity index (χ3n) is 6.03. The largest absolute Gasteiger partial charge is 0.481 e. The molecule has 37 heavy (non-hydrogen) atoms. The molecule has 4 rings (SSSR count). The van der Waals surface area contributed by atoms with Crippen molar-refractivity contribution in [1.82, 2.24) is 5.16 Å². The third-order valence-corrected chi connectivity index (χ3v) is 6.03. The van der Waals surface area contributed by atoms with E-state index in [0.29, 0.717) is 39.3 Å². The summed E-state index contributed by atoms with van der Waals surface area (Å²) in [7, 11) is 0. The molecule has 0 amide bonds. The summed E-state index contributed by atoms with van der Waals surface area (Å²) in [6.07, 6.45) is -0.762. The number of carbonyl (C=O) groups is 2. The number of aromatic nitrogens is 1. The second-order valence-corrected chi connectivity index (χ2v) is 8.78. The molecule has 6 nitrogen and oxygen atoms in total. The summed E-state index contributed by atoms with van der Waals surface area (Å²) in [5.41, 5.74) is 3.80. The summed E-state index contributed by atoms with van der Waals surface area (Å²) in [5.74, 6) is -1.97. The third kappa shape index (κ3) is 6.27. The lowest BCUT2D eigenvalue weighted by Crippen LogP contribution is -2.13. The number of halogens is 2. The van der Waals surface area contributed by atoms with Crippen LogP contribution in [-0.4, -0.2) is 22.2 Å². The first-order valence-electron chi connectivity index (χ1n) is 11.7. The van der Waals surface area contributed by atoms with E-state index in [-0.39, 0.29) is 19.3 Å². The minimum absolute atomic E-state index is 0.104. The molecule has 0 spiro atoms. The summed E-state index contributed by atoms with van der Waals surface area (Å²) in [6.45, 7) is 3.33. The van der Waals surface area contributed by atoms with Gasteiger partial charge in [-0.15, -0.1) is 0 Å². The number of aliphatic carboxylic acids is 1. The normalized spacial score (nSPS) is 11.8. The molecular weight excluding hydrogens is 480 g/mol. The van der Waals surface area contributed by atoms with Crippen LogP contribution in [0.1, 0.15) is 46.5 Å². The molecule has 8 heteroatoms. The molecule has 1 N–H and O–H groups in total. The summed E-state index contributed by atoms with van der Waals surface area (Å²) in [6, 6.07) is 17.6. The number of hydrogen-bond acceptors (Lipinski definition) is 5. The van der Waals surface area contributed by atoms with Gasteiger partial charge in [0.15, 0.2) is 5.76 Å². The zero-order valence-corrected chi connectivity index (χ0v) is 20.3. The highest BCUT2D eigenvalue weighted by atomic mass is 19.1. The van der Waals surface area contributed by atoms with Crippen LogP contribution in [0.4, 0.5) is 8.78 Å². The van der Waals surface area contributed by atoms with Crippen LogP contribution in [0.15, 0.2) is 71.3 Å². The van der Waals surface area contributed by atoms with Crippen molar-refractivity contribution in [1.29, 1.82) is 0 Å². The van der Waals surface area contributed by atoms with Gasteiger partial charge < -0.3 is 14.4 Å². The van der Waals surface area contributed by atoms with Crippen LogP contribution in [0.25, 0.3) is 11.3 Å². The molecule has 190 valence electrons. The van der Waals surface area contributed by atoms with Gasteiger partial charge in [0.05, 0.1) is 18.5 Å². The second kappa shape index (κ2) is 11.2. The highest BCUT2D eigenvalue weighted by molar-refractivity contribution is 5.77. The molecule has 0 aliphatic carbocycles. The number of carboxylic acid groups (broad SMARTS) is 1. The Kier molecular flexibility index (Phi) is 7.77. The Labute approximate surface area is 212 Å². The standard InChI is InChI=1S/C29H25F2NO5/c1-17-24(16-28(35)36-18(2)23-5-3-4-6-26(23)31)29(37-32-17)21-10-7-19(8-11-21)13-22-14-20(15-27(33)34)9-12-25(22)30/h3-12,14,18H,13,15-16H2,1-2H3,(H,33,34)/t18-/m1/s1. The van der Waals surface area contributed by atoms with Crippen molar-refractivity contribution in [3.63, 3.8) is 0 Å². The molecule has 4 aromatic rings. The fraction of sp³-hybridized carbons (Fsp3) is 0.207. The molecule has 0 saturated carbocycles. The van der Waals surface area contributed by atoms with E-state index in [1.54, 1.807) is 62.4 Å². The molecule has 0 saturated heterocycles. The van der Waals surface area contributed by atoms with Gasteiger partial charge in [-0.1, -0.05) is 59.8 Å². The fourth-order valence-corrected chi connectivity index (χ4v) is 4.12. The molecule has 0 bridgehead atoms. The molecule has 1 atom stereocenters. The van der Waals surface area contributed by atoms with E-state index in [9.17, 15) is 18.4 Å². The second-order valence-electron chi connectivity index (χ2n) is 8.78. The molecule has 0 aliphatic rings. The topological polar surface area (TPSA) is 89.6 Å². The van der Waals surface area contributed by atoms with Crippen molar-refractivity contribution < 1.29 is 32.7 Å². The van der Waals surface area contributed by atoms with E-state index in [1.165, 1.54) is 18.2 Å². The van der Waals surface area contributed by atoms with Gasteiger partial charge in [-0.2, -0.15) is 0 Å². The average molecular weight is 506 g/mol. The smallest absolute Gasteiger partial charge is 0.311 e. The minimum Gasteiger partial charge on any atom is -0.481 e. The molecular formula is C29H25F2NO5. The van der Waals surface area contributed by atoms with Gasteiger partial charge in [-0.05, 0) is 42.7 Å². The Morgan fingerprint density at radius 1 is 0.973 bits per heavy atom. The van der Waals surface area contributed by atoms with Crippen molar-refractivity contribution in [3.05, 3.63) is 112 Å². The van der Waals surface area contributed by atoms with Crippen molar-refractivity contribution in [3.8, 4) is 11.3 Å². The van der Waals surface area contributed by atoms with Crippen molar-refractivity contribution in [2.45, 2.75) is 39.2 Å². The number of rotatable bonds is 9. The zero-order chi connectivity index (χ0) is 26.5. The number of hydrogen-bond donors (Lipinski definition) is 1. The van der Waals surface area contributed by atoms with Gasteiger partial charge in [0.25, 0.3) is 0 Å². The quantitative estimate of drug-likeness (QED) is 0.281. The monoisotopic (exact) mass is 505 g/mol. The van der Waals surface area contributed by atoms with Gasteiger partial charge in [-0.3, -0.25) is 9.59 Å². The molecule has 0 aliphatic heterocycles. The maximum atomic E-state index is 14.3. The molecule has 1 aromatic heterocycles. The Balaban J connectivity index is 1.47. The SMILES string of the molecule is Cc1noc(-c2ccc(Cc3cc(CC(=O)O)ccc3F)cc2)c1CC(=O)O[C@H](C)c1ccccc1F. The highest BCUT2D eigenvalue weighted by Gasteiger charge is 2.21. The van der Waals surface area contributed by atoms with Crippen molar-refractivity contribution in [2.24, 2.45) is 0 Å². The van der Waals surface area contributed by atoms with Gasteiger partial charge in [0.1, 0.15) is 17.7 Å². The van der Waals surface area contributed by atoms with Crippen molar-refractivity contribution >= 4 is 11.9 Å². The van der Waals surface area contributed by atoms with Crippen LogP contribution in [0, 0.1) is 18.6 Å². The number of benzene rings is 3. The van der Waals surface area contributed by atoms with E-state index in [4.69, 9.17) is 14.4 Å². The molecule has 3 aromatic carbocycles. The fourth-order valence-electron chi connectivity index (χ4n) is 4.12. The Morgan fingerprint density at radius 3 is 2.38 bits per heavy atom. The van der Waals surface area contributed by atoms with Crippen LogP contribution in [0.5, 0.6) is 0 Å². The maximum Gasteiger partial charge on any atom is 0.311 e. The summed E-state index contributed by atoms with van der Waals surface area (Å²) < 4.78 is 39.3. The van der Waals surface area contributed by atoms with E-state index in [0.717, 1.165) is 5.56 Å². The number of esters is 1. The molecule has 0 unspecified atom stereocenters. The predicted molar refractivity (Wildman–Crippen MR) is 132 cm³/mol. The Morgan fingerprint density at radius 2 is 1.68 bits per heavy atom. The first-order chi connectivity index (χ1) is 17.7. The van der Waals surface area contributed by atoms with Crippen LogP contribution >= 0.6 is 0 Å². The summed E-state index contributed by atoms with van der Waals surface area (Å²) >= 11 is 0. The summed E-state index contributed by atoms with van der Waals surface area (Å²) in [5, 5.41) is 13.0. The van der Waals surface area contributed by atoms with Crippen molar-refractivity contribution in [2.75, 3.05) is 0 Å². The van der Waals surface area contributed by atoms with E-state index in [2.05, 4.69) is 5.16 Å². The molecule has 0 fully saturated rings. The van der Waals surface area contributed by atoms with E-state index < -0.39 is 29.7 Å². The molecule has 1 heterocycles. The average Bonchev–Trinajstić information content (AvgIpc) is 3.21. The number of aryl methyl sites for hydroxylation is 1. The van der Waals surface area contributed by atoms with Crippen LogP contribution in [-0.2, 0) is 33.6 Å². The minimum atomic E-state index is -0.981. The number of carbonyl (C=O) groups excluding carboxylic acids is 1. The van der Waals surface area contributed by atoms with E-state index >= 15 is 0 Å². The predicted octanol–water partition coefficient (Wildman–Crippen LogP) is 5.99. The van der Waals surface area contributed by atoms with Crippen LogP contribution in [0.3, 0.4) is 0 Å². The van der Waals surface area contributed by atoms with E-state index in [1.807, 2.05) is 0 Å². The van der Waals surface area contributed by atoms with Crippen LogP contribution in [0.2, 0.25) is 0 Å².